The fourth-order valence-corrected chi connectivity index (χ4v) is 2.85. The quantitative estimate of drug-likeness (QED) is 0.724. The summed E-state index contributed by atoms with van der Waals surface area (Å²) in [6, 6.07) is 7.72. The highest BCUT2D eigenvalue weighted by molar-refractivity contribution is 5.81. The van der Waals surface area contributed by atoms with Gasteiger partial charge in [-0.05, 0) is 50.7 Å². The maximum Gasteiger partial charge on any atom is 0.261 e. The van der Waals surface area contributed by atoms with Crippen molar-refractivity contribution in [2.24, 2.45) is 5.92 Å². The third kappa shape index (κ3) is 3.26. The van der Waals surface area contributed by atoms with Gasteiger partial charge in [0.15, 0.2) is 12.9 Å². The van der Waals surface area contributed by atoms with E-state index in [1.54, 1.807) is 24.3 Å². The summed E-state index contributed by atoms with van der Waals surface area (Å²) in [6.07, 6.45) is 5.42. The molecule has 0 N–H and O–H groups in total. The summed E-state index contributed by atoms with van der Waals surface area (Å²) in [5, 5.41) is 0. The number of para-hydroxylation sites is 1. The Hall–Kier alpha value is -1.84. The summed E-state index contributed by atoms with van der Waals surface area (Å²) in [5.41, 5.74) is 0.485. The minimum atomic E-state index is 0.0123. The Morgan fingerprint density at radius 2 is 2.05 bits per heavy atom. The first-order chi connectivity index (χ1) is 10.2. The number of aldehydes is 1. The van der Waals surface area contributed by atoms with E-state index in [4.69, 9.17) is 4.74 Å². The van der Waals surface area contributed by atoms with Gasteiger partial charge in [0, 0.05) is 12.1 Å². The zero-order valence-electron chi connectivity index (χ0n) is 12.3. The molecule has 1 aromatic carbocycles. The Morgan fingerprint density at radius 3 is 2.67 bits per heavy atom. The van der Waals surface area contributed by atoms with Crippen LogP contribution in [0.1, 0.15) is 43.0 Å². The Kier molecular flexibility index (Phi) is 3.95. The minimum Gasteiger partial charge on any atom is -0.483 e. The second-order valence-electron chi connectivity index (χ2n) is 6.05. The first-order valence-electron chi connectivity index (χ1n) is 7.69. The number of benzene rings is 1. The number of amides is 1. The van der Waals surface area contributed by atoms with Crippen LogP contribution in [0.25, 0.3) is 0 Å². The molecule has 21 heavy (non-hydrogen) atoms. The molecule has 2 fully saturated rings. The smallest absolute Gasteiger partial charge is 0.261 e. The van der Waals surface area contributed by atoms with Crippen LogP contribution in [0.5, 0.6) is 5.75 Å². The average molecular weight is 287 g/mol. The molecule has 1 amide bonds. The van der Waals surface area contributed by atoms with Gasteiger partial charge in [-0.1, -0.05) is 12.1 Å². The molecule has 2 saturated carbocycles. The van der Waals surface area contributed by atoms with Crippen molar-refractivity contribution in [3.05, 3.63) is 29.8 Å². The first kappa shape index (κ1) is 14.1. The molecule has 4 heteroatoms. The SMILES string of the molecule is CC(C1CC1)N(C(=O)COc1ccccc1C=O)C1CC1. The van der Waals surface area contributed by atoms with Crippen molar-refractivity contribution in [2.75, 3.05) is 6.61 Å². The van der Waals surface area contributed by atoms with Crippen LogP contribution in [0.15, 0.2) is 24.3 Å². The highest BCUT2D eigenvalue weighted by Crippen LogP contribution is 2.39. The minimum absolute atomic E-state index is 0.0123. The predicted molar refractivity (Wildman–Crippen MR) is 79.4 cm³/mol. The molecule has 112 valence electrons. The van der Waals surface area contributed by atoms with Gasteiger partial charge in [0.25, 0.3) is 5.91 Å². The van der Waals surface area contributed by atoms with Crippen LogP contribution in [0.3, 0.4) is 0 Å². The third-order valence-corrected chi connectivity index (χ3v) is 4.37. The molecule has 4 nitrogen and oxygen atoms in total. The van der Waals surface area contributed by atoms with Crippen LogP contribution in [0, 0.1) is 5.92 Å². The Bertz CT molecular complexity index is 535. The van der Waals surface area contributed by atoms with Crippen molar-refractivity contribution in [1.82, 2.24) is 4.90 Å². The number of nitrogens with zero attached hydrogens (tertiary/aromatic N) is 1. The van der Waals surface area contributed by atoms with Crippen molar-refractivity contribution in [1.29, 1.82) is 0 Å². The van der Waals surface area contributed by atoms with Gasteiger partial charge in [-0.2, -0.15) is 0 Å². The van der Waals surface area contributed by atoms with Crippen LogP contribution >= 0.6 is 0 Å². The van der Waals surface area contributed by atoms with Crippen LogP contribution < -0.4 is 4.74 Å². The van der Waals surface area contributed by atoms with Crippen molar-refractivity contribution >= 4 is 12.2 Å². The van der Waals surface area contributed by atoms with Gasteiger partial charge in [-0.3, -0.25) is 9.59 Å². The van der Waals surface area contributed by atoms with Crippen LogP contribution in [0.4, 0.5) is 0 Å². The number of rotatable bonds is 7. The van der Waals surface area contributed by atoms with E-state index < -0.39 is 0 Å². The van der Waals surface area contributed by atoms with E-state index >= 15 is 0 Å². The number of hydrogen-bond donors (Lipinski definition) is 0. The molecule has 1 aromatic rings. The molecular formula is C17H21NO3. The predicted octanol–water partition coefficient (Wildman–Crippen LogP) is 2.67. The van der Waals surface area contributed by atoms with Gasteiger partial charge in [0.1, 0.15) is 5.75 Å². The molecular weight excluding hydrogens is 266 g/mol. The highest BCUT2D eigenvalue weighted by atomic mass is 16.5. The molecule has 3 rings (SSSR count). The third-order valence-electron chi connectivity index (χ3n) is 4.37. The van der Waals surface area contributed by atoms with Gasteiger partial charge < -0.3 is 9.64 Å². The highest BCUT2D eigenvalue weighted by Gasteiger charge is 2.41. The number of carbonyl (C=O) groups is 2. The summed E-state index contributed by atoms with van der Waals surface area (Å²) in [4.78, 5) is 25.5. The lowest BCUT2D eigenvalue weighted by Crippen LogP contribution is -2.44. The maximum absolute atomic E-state index is 12.5. The van der Waals surface area contributed by atoms with E-state index in [2.05, 4.69) is 6.92 Å². The average Bonchev–Trinajstić information content (AvgIpc) is 3.38. The topological polar surface area (TPSA) is 46.6 Å². The molecule has 1 unspecified atom stereocenters. The second kappa shape index (κ2) is 5.88. The summed E-state index contributed by atoms with van der Waals surface area (Å²) in [6.45, 7) is 2.16. The fraction of sp³-hybridized carbons (Fsp3) is 0.529. The van der Waals surface area contributed by atoms with E-state index in [-0.39, 0.29) is 12.5 Å². The van der Waals surface area contributed by atoms with Crippen molar-refractivity contribution in [3.8, 4) is 5.75 Å². The van der Waals surface area contributed by atoms with Crippen LogP contribution in [-0.2, 0) is 4.79 Å². The summed E-state index contributed by atoms with van der Waals surface area (Å²) in [7, 11) is 0. The molecule has 1 atom stereocenters. The molecule has 0 bridgehead atoms. The molecule has 0 spiro atoms. The van der Waals surface area contributed by atoms with Gasteiger partial charge in [0.2, 0.25) is 0 Å². The lowest BCUT2D eigenvalue weighted by molar-refractivity contribution is -0.136. The maximum atomic E-state index is 12.5. The largest absolute Gasteiger partial charge is 0.483 e. The molecule has 0 radical (unpaired) electrons. The van der Waals surface area contributed by atoms with Crippen molar-refractivity contribution < 1.29 is 14.3 Å². The molecule has 0 saturated heterocycles. The van der Waals surface area contributed by atoms with Crippen LogP contribution in [-0.4, -0.2) is 35.8 Å². The fourth-order valence-electron chi connectivity index (χ4n) is 2.85. The van der Waals surface area contributed by atoms with Gasteiger partial charge in [-0.15, -0.1) is 0 Å². The lowest BCUT2D eigenvalue weighted by atomic mass is 10.1. The van der Waals surface area contributed by atoms with Crippen molar-refractivity contribution in [3.63, 3.8) is 0 Å². The molecule has 2 aliphatic carbocycles. The van der Waals surface area contributed by atoms with Gasteiger partial charge >= 0.3 is 0 Å². The zero-order chi connectivity index (χ0) is 14.8. The molecule has 0 aliphatic heterocycles. The van der Waals surface area contributed by atoms with E-state index in [1.807, 2.05) is 4.90 Å². The monoisotopic (exact) mass is 287 g/mol. The molecule has 0 aromatic heterocycles. The van der Waals surface area contributed by atoms with Crippen LogP contribution in [0.2, 0.25) is 0 Å². The number of carbonyl (C=O) groups excluding carboxylic acids is 2. The van der Waals surface area contributed by atoms with E-state index in [9.17, 15) is 9.59 Å². The van der Waals surface area contributed by atoms with Crippen molar-refractivity contribution in [2.45, 2.75) is 44.7 Å². The normalized spacial score (nSPS) is 18.9. The Balaban J connectivity index is 1.63. The zero-order valence-corrected chi connectivity index (χ0v) is 12.3. The molecule has 0 heterocycles. The Labute approximate surface area is 125 Å². The second-order valence-corrected chi connectivity index (χ2v) is 6.05. The lowest BCUT2D eigenvalue weighted by Gasteiger charge is -2.29. The first-order valence-corrected chi connectivity index (χ1v) is 7.69. The Morgan fingerprint density at radius 1 is 1.33 bits per heavy atom. The van der Waals surface area contributed by atoms with Gasteiger partial charge in [-0.25, -0.2) is 0 Å². The number of ether oxygens (including phenoxy) is 1. The van der Waals surface area contributed by atoms with Gasteiger partial charge in [0.05, 0.1) is 5.56 Å². The van der Waals surface area contributed by atoms with E-state index in [1.165, 1.54) is 12.8 Å². The van der Waals surface area contributed by atoms with E-state index in [0.29, 0.717) is 29.3 Å². The van der Waals surface area contributed by atoms with E-state index in [0.717, 1.165) is 19.1 Å². The summed E-state index contributed by atoms with van der Waals surface area (Å²) < 4.78 is 5.58. The standard InChI is InChI=1S/C17H21NO3/c1-12(13-6-7-13)18(15-8-9-15)17(20)11-21-16-5-3-2-4-14(16)10-19/h2-5,10,12-13,15H,6-9,11H2,1H3. The molecule has 2 aliphatic rings. The number of hydrogen-bond acceptors (Lipinski definition) is 3. The summed E-state index contributed by atoms with van der Waals surface area (Å²) >= 11 is 0. The summed E-state index contributed by atoms with van der Waals surface area (Å²) in [5.74, 6) is 1.19.